The summed E-state index contributed by atoms with van der Waals surface area (Å²) in [7, 11) is 0. The number of halogens is 3. The van der Waals surface area contributed by atoms with E-state index in [-0.39, 0.29) is 18.7 Å². The Morgan fingerprint density at radius 3 is 2.34 bits per heavy atom. The van der Waals surface area contributed by atoms with Crippen molar-refractivity contribution in [1.29, 1.82) is 0 Å². The molecule has 0 aliphatic heterocycles. The Labute approximate surface area is 190 Å². The summed E-state index contributed by atoms with van der Waals surface area (Å²) in [5, 5.41) is 5.90. The highest BCUT2D eigenvalue weighted by Gasteiger charge is 2.12. The number of carbonyl (C=O) groups is 3. The zero-order chi connectivity index (χ0) is 21.4. The van der Waals surface area contributed by atoms with Gasteiger partial charge in [-0.25, -0.2) is 0 Å². The minimum Gasteiger partial charge on any atom is -0.456 e. The lowest BCUT2D eigenvalue weighted by atomic mass is 10.2. The molecule has 2 aromatic rings. The zero-order valence-electron chi connectivity index (χ0n) is 15.6. The second-order valence-corrected chi connectivity index (χ2v) is 8.30. The molecule has 0 aliphatic carbocycles. The normalized spacial score (nSPS) is 10.3. The van der Waals surface area contributed by atoms with Gasteiger partial charge in [0.1, 0.15) is 0 Å². The monoisotopic (exact) mass is 544 g/mol. The van der Waals surface area contributed by atoms with Crippen LogP contribution in [0.4, 0.5) is 11.4 Å². The van der Waals surface area contributed by atoms with Crippen molar-refractivity contribution in [3.05, 3.63) is 55.9 Å². The largest absolute Gasteiger partial charge is 0.456 e. The average molecular weight is 547 g/mol. The van der Waals surface area contributed by atoms with Gasteiger partial charge in [0.2, 0.25) is 5.91 Å². The van der Waals surface area contributed by atoms with Gasteiger partial charge in [-0.1, -0.05) is 27.5 Å². The number of anilines is 2. The smallest absolute Gasteiger partial charge is 0.306 e. The quantitative estimate of drug-likeness (QED) is 0.431. The number of hydrogen-bond donors (Lipinski definition) is 2. The highest BCUT2D eigenvalue weighted by Crippen LogP contribution is 2.30. The molecule has 0 radical (unpaired) electrons. The second kappa shape index (κ2) is 11.3. The molecule has 0 atom stereocenters. The van der Waals surface area contributed by atoms with Gasteiger partial charge in [0.05, 0.1) is 5.02 Å². The molecule has 2 N–H and O–H groups in total. The van der Waals surface area contributed by atoms with Gasteiger partial charge in [-0.15, -0.1) is 0 Å². The number of carbonyl (C=O) groups excluding carboxylic acids is 3. The van der Waals surface area contributed by atoms with Crippen molar-refractivity contribution in [2.75, 3.05) is 17.2 Å². The first kappa shape index (κ1) is 23.4. The van der Waals surface area contributed by atoms with Crippen molar-refractivity contribution in [2.24, 2.45) is 0 Å². The van der Waals surface area contributed by atoms with E-state index in [2.05, 4.69) is 42.5 Å². The maximum absolute atomic E-state index is 12.0. The number of hydrogen-bond acceptors (Lipinski definition) is 4. The van der Waals surface area contributed by atoms with Crippen LogP contribution in [0.1, 0.15) is 24.8 Å². The zero-order valence-corrected chi connectivity index (χ0v) is 19.5. The molecule has 2 amide bonds. The Morgan fingerprint density at radius 1 is 0.966 bits per heavy atom. The predicted octanol–water partition coefficient (Wildman–Crippen LogP) is 5.46. The maximum Gasteiger partial charge on any atom is 0.306 e. The Kier molecular flexibility index (Phi) is 9.13. The molecule has 0 unspecified atom stereocenters. The van der Waals surface area contributed by atoms with E-state index in [9.17, 15) is 14.4 Å². The third-order valence-corrected chi connectivity index (χ3v) is 5.80. The van der Waals surface area contributed by atoms with E-state index in [1.165, 1.54) is 0 Å². The molecular formula is C20H19Br2ClN2O4. The molecule has 0 fully saturated rings. The van der Waals surface area contributed by atoms with Crippen molar-refractivity contribution in [3.8, 4) is 0 Å². The molecule has 0 aliphatic rings. The van der Waals surface area contributed by atoms with E-state index < -0.39 is 18.5 Å². The van der Waals surface area contributed by atoms with Gasteiger partial charge in [-0.2, -0.15) is 0 Å². The minimum atomic E-state index is -0.540. The summed E-state index contributed by atoms with van der Waals surface area (Å²) in [6, 6.07) is 10.6. The van der Waals surface area contributed by atoms with Gasteiger partial charge < -0.3 is 15.4 Å². The molecule has 6 nitrogen and oxygen atoms in total. The van der Waals surface area contributed by atoms with E-state index in [0.29, 0.717) is 28.4 Å². The van der Waals surface area contributed by atoms with Gasteiger partial charge in [0.15, 0.2) is 6.61 Å². The number of esters is 1. The van der Waals surface area contributed by atoms with Gasteiger partial charge in [-0.05, 0) is 71.2 Å². The topological polar surface area (TPSA) is 84.5 Å². The van der Waals surface area contributed by atoms with E-state index in [0.717, 1.165) is 8.95 Å². The fraction of sp³-hybridized carbons (Fsp3) is 0.250. The summed E-state index contributed by atoms with van der Waals surface area (Å²) in [5.41, 5.74) is 1.93. The Balaban J connectivity index is 1.67. The predicted molar refractivity (Wildman–Crippen MR) is 120 cm³/mol. The maximum atomic E-state index is 12.0. The molecule has 0 saturated carbocycles. The van der Waals surface area contributed by atoms with Crippen LogP contribution in [-0.4, -0.2) is 24.4 Å². The summed E-state index contributed by atoms with van der Waals surface area (Å²) < 4.78 is 6.60. The third kappa shape index (κ3) is 7.79. The van der Waals surface area contributed by atoms with Crippen molar-refractivity contribution in [1.82, 2.24) is 0 Å². The van der Waals surface area contributed by atoms with Crippen LogP contribution < -0.4 is 10.6 Å². The molecule has 2 aromatic carbocycles. The first-order valence-corrected chi connectivity index (χ1v) is 10.7. The van der Waals surface area contributed by atoms with Crippen LogP contribution in [0.3, 0.4) is 0 Å². The molecule has 29 heavy (non-hydrogen) atoms. The van der Waals surface area contributed by atoms with Crippen LogP contribution in [0, 0.1) is 6.92 Å². The fourth-order valence-corrected chi connectivity index (χ4v) is 3.20. The molecule has 0 bridgehead atoms. The lowest BCUT2D eigenvalue weighted by Crippen LogP contribution is -2.21. The number of amides is 2. The van der Waals surface area contributed by atoms with Crippen molar-refractivity contribution < 1.29 is 19.1 Å². The van der Waals surface area contributed by atoms with Crippen LogP contribution in [0.5, 0.6) is 0 Å². The van der Waals surface area contributed by atoms with Crippen molar-refractivity contribution in [2.45, 2.75) is 26.2 Å². The summed E-state index contributed by atoms with van der Waals surface area (Å²) in [6.07, 6.45) is 0.544. The molecule has 0 aromatic heterocycles. The molecular weight excluding hydrogens is 527 g/mol. The molecule has 154 valence electrons. The summed E-state index contributed by atoms with van der Waals surface area (Å²) in [6.45, 7) is 1.37. The standard InChI is InChI=1S/C20H19Br2ClN2O4/c1-12-16(10-9-15(22)20(12)23)25-18(27)11-29-19(28)4-2-3-17(26)24-14-7-5-13(21)6-8-14/h5-10H,2-4,11H2,1H3,(H,24,26)(H,25,27). The molecule has 0 heterocycles. The summed E-state index contributed by atoms with van der Waals surface area (Å²) in [5.74, 6) is -1.20. The number of nitrogens with one attached hydrogen (secondary N) is 2. The van der Waals surface area contributed by atoms with E-state index in [1.54, 1.807) is 31.2 Å². The van der Waals surface area contributed by atoms with Crippen LogP contribution in [0.2, 0.25) is 5.02 Å². The summed E-state index contributed by atoms with van der Waals surface area (Å²) in [4.78, 5) is 35.6. The third-order valence-electron chi connectivity index (χ3n) is 3.89. The lowest BCUT2D eigenvalue weighted by molar-refractivity contribution is -0.147. The Morgan fingerprint density at radius 2 is 1.66 bits per heavy atom. The van der Waals surface area contributed by atoms with Gasteiger partial charge in [-0.3, -0.25) is 14.4 Å². The van der Waals surface area contributed by atoms with Gasteiger partial charge in [0.25, 0.3) is 5.91 Å². The van der Waals surface area contributed by atoms with Gasteiger partial charge in [0, 0.05) is 33.2 Å². The second-order valence-electron chi connectivity index (χ2n) is 6.15. The molecule has 0 saturated heterocycles. The summed E-state index contributed by atoms with van der Waals surface area (Å²) >= 11 is 12.7. The average Bonchev–Trinajstić information content (AvgIpc) is 2.68. The van der Waals surface area contributed by atoms with Crippen LogP contribution in [-0.2, 0) is 19.1 Å². The minimum absolute atomic E-state index is 0.0458. The van der Waals surface area contributed by atoms with Crippen LogP contribution in [0.15, 0.2) is 45.3 Å². The van der Waals surface area contributed by atoms with Crippen LogP contribution in [0.25, 0.3) is 0 Å². The number of ether oxygens (including phenoxy) is 1. The molecule has 0 spiro atoms. The SMILES string of the molecule is Cc1c(NC(=O)COC(=O)CCCC(=O)Nc2ccc(Br)cc2)ccc(Br)c1Cl. The lowest BCUT2D eigenvalue weighted by Gasteiger charge is -2.11. The highest BCUT2D eigenvalue weighted by atomic mass is 79.9. The number of rotatable bonds is 8. The van der Waals surface area contributed by atoms with Gasteiger partial charge >= 0.3 is 5.97 Å². The van der Waals surface area contributed by atoms with E-state index in [4.69, 9.17) is 16.3 Å². The molecule has 9 heteroatoms. The Hall–Kier alpha value is -1.90. The van der Waals surface area contributed by atoms with Crippen molar-refractivity contribution >= 4 is 72.6 Å². The number of benzene rings is 2. The van der Waals surface area contributed by atoms with E-state index in [1.807, 2.05) is 12.1 Å². The molecule has 2 rings (SSSR count). The van der Waals surface area contributed by atoms with Crippen molar-refractivity contribution in [3.63, 3.8) is 0 Å². The fourth-order valence-electron chi connectivity index (χ4n) is 2.34. The van der Waals surface area contributed by atoms with E-state index >= 15 is 0 Å². The van der Waals surface area contributed by atoms with Crippen LogP contribution >= 0.6 is 43.5 Å². The highest BCUT2D eigenvalue weighted by molar-refractivity contribution is 9.10. The first-order chi connectivity index (χ1) is 13.8. The Bertz CT molecular complexity index is 904. The first-order valence-electron chi connectivity index (χ1n) is 8.71.